The maximum atomic E-state index is 10.9. The molecule has 13 heavy (non-hydrogen) atoms. The molecule has 0 saturated carbocycles. The van der Waals surface area contributed by atoms with Gasteiger partial charge in [0.25, 0.3) is 0 Å². The van der Waals surface area contributed by atoms with Gasteiger partial charge in [-0.3, -0.25) is 0 Å². The van der Waals surface area contributed by atoms with Gasteiger partial charge < -0.3 is 14.6 Å². The topological polar surface area (TPSA) is 72.8 Å². The fraction of sp³-hybridized carbons (Fsp3) is 0.500. The van der Waals surface area contributed by atoms with Crippen LogP contribution >= 0.6 is 0 Å². The Kier molecular flexibility index (Phi) is 2.67. The van der Waals surface area contributed by atoms with Gasteiger partial charge in [0.2, 0.25) is 12.4 Å². The maximum Gasteiger partial charge on any atom is 0.350 e. The van der Waals surface area contributed by atoms with E-state index < -0.39 is 24.3 Å². The van der Waals surface area contributed by atoms with Gasteiger partial charge in [-0.15, -0.1) is 0 Å². The number of aliphatic hydroxyl groups is 1. The van der Waals surface area contributed by atoms with E-state index in [1.807, 2.05) is 0 Å². The Bertz CT molecular complexity index is 257. The smallest absolute Gasteiger partial charge is 0.350 e. The normalized spacial score (nSPS) is 26.8. The Morgan fingerprint density at radius 1 is 1.77 bits per heavy atom. The summed E-state index contributed by atoms with van der Waals surface area (Å²) in [5.41, 5.74) is 0.203. The molecule has 0 spiro atoms. The summed E-state index contributed by atoms with van der Waals surface area (Å²) in [5.74, 6) is -1.38. The zero-order valence-electron chi connectivity index (χ0n) is 7.15. The minimum Gasteiger partial charge on any atom is -0.447 e. The monoisotopic (exact) mass is 186 g/mol. The van der Waals surface area contributed by atoms with Gasteiger partial charge in [-0.05, 0) is 6.92 Å². The first kappa shape index (κ1) is 9.73. The Labute approximate surface area is 74.9 Å². The molecule has 2 unspecified atom stereocenters. The zero-order valence-corrected chi connectivity index (χ0v) is 7.15. The van der Waals surface area contributed by atoms with E-state index in [4.69, 9.17) is 5.11 Å². The highest BCUT2D eigenvalue weighted by Gasteiger charge is 2.36. The molecule has 1 aliphatic heterocycles. The molecular weight excluding hydrogens is 176 g/mol. The van der Waals surface area contributed by atoms with Crippen molar-refractivity contribution in [3.05, 3.63) is 12.2 Å². The standard InChI is InChI=1S/C8H10O5/c1-4(2)7(10)12-5-3-6(9)13-8(5)11/h5-6,9H,1,3H2,2H3. The average Bonchev–Trinajstić information content (AvgIpc) is 2.30. The largest absolute Gasteiger partial charge is 0.447 e. The van der Waals surface area contributed by atoms with Crippen LogP contribution in [0.25, 0.3) is 0 Å². The number of esters is 2. The summed E-state index contributed by atoms with van der Waals surface area (Å²) in [6, 6.07) is 0. The van der Waals surface area contributed by atoms with E-state index in [1.165, 1.54) is 6.92 Å². The van der Waals surface area contributed by atoms with Crippen molar-refractivity contribution in [1.29, 1.82) is 0 Å². The van der Waals surface area contributed by atoms with Crippen LogP contribution in [0.4, 0.5) is 0 Å². The van der Waals surface area contributed by atoms with Crippen LogP contribution in [-0.2, 0) is 19.1 Å². The summed E-state index contributed by atoms with van der Waals surface area (Å²) in [4.78, 5) is 21.8. The van der Waals surface area contributed by atoms with Crippen LogP contribution in [0.15, 0.2) is 12.2 Å². The van der Waals surface area contributed by atoms with Gasteiger partial charge in [0.15, 0.2) is 0 Å². The van der Waals surface area contributed by atoms with Crippen molar-refractivity contribution < 1.29 is 24.2 Å². The minimum atomic E-state index is -1.17. The molecular formula is C8H10O5. The van der Waals surface area contributed by atoms with Crippen LogP contribution in [0.5, 0.6) is 0 Å². The molecule has 5 heteroatoms. The summed E-state index contributed by atoms with van der Waals surface area (Å²) < 4.78 is 9.05. The summed E-state index contributed by atoms with van der Waals surface area (Å²) in [7, 11) is 0. The highest BCUT2D eigenvalue weighted by atomic mass is 16.7. The first-order chi connectivity index (χ1) is 6.00. The molecule has 1 N–H and O–H groups in total. The summed E-state index contributed by atoms with van der Waals surface area (Å²) >= 11 is 0. The molecule has 1 saturated heterocycles. The average molecular weight is 186 g/mol. The van der Waals surface area contributed by atoms with Crippen LogP contribution in [0, 0.1) is 0 Å². The number of rotatable bonds is 2. The lowest BCUT2D eigenvalue weighted by Gasteiger charge is -2.06. The third-order valence-electron chi connectivity index (χ3n) is 1.53. The molecule has 1 rings (SSSR count). The Morgan fingerprint density at radius 3 is 2.77 bits per heavy atom. The van der Waals surface area contributed by atoms with E-state index in [0.29, 0.717) is 0 Å². The van der Waals surface area contributed by atoms with Crippen molar-refractivity contribution in [3.63, 3.8) is 0 Å². The first-order valence-electron chi connectivity index (χ1n) is 3.75. The highest BCUT2D eigenvalue weighted by molar-refractivity contribution is 5.89. The zero-order chi connectivity index (χ0) is 10.0. The number of carbonyl (C=O) groups excluding carboxylic acids is 2. The molecule has 0 aromatic carbocycles. The molecule has 1 fully saturated rings. The second kappa shape index (κ2) is 3.57. The number of hydrogen-bond acceptors (Lipinski definition) is 5. The number of aliphatic hydroxyl groups excluding tert-OH is 1. The molecule has 1 heterocycles. The number of ether oxygens (including phenoxy) is 2. The number of hydrogen-bond donors (Lipinski definition) is 1. The lowest BCUT2D eigenvalue weighted by atomic mass is 10.3. The molecule has 0 aromatic heterocycles. The van der Waals surface area contributed by atoms with Gasteiger partial charge >= 0.3 is 11.9 Å². The Morgan fingerprint density at radius 2 is 2.38 bits per heavy atom. The van der Waals surface area contributed by atoms with Crippen LogP contribution in [0.3, 0.4) is 0 Å². The number of cyclic esters (lactones) is 1. The van der Waals surface area contributed by atoms with E-state index >= 15 is 0 Å². The van der Waals surface area contributed by atoms with E-state index in [0.717, 1.165) is 0 Å². The molecule has 1 aliphatic rings. The Balaban J connectivity index is 2.51. The van der Waals surface area contributed by atoms with Gasteiger partial charge in [-0.1, -0.05) is 6.58 Å². The maximum absolute atomic E-state index is 10.9. The number of carbonyl (C=O) groups is 2. The predicted molar refractivity (Wildman–Crippen MR) is 41.4 cm³/mol. The Hall–Kier alpha value is -1.36. The molecule has 0 aliphatic carbocycles. The van der Waals surface area contributed by atoms with Crippen molar-refractivity contribution in [1.82, 2.24) is 0 Å². The molecule has 0 bridgehead atoms. The van der Waals surface area contributed by atoms with Gasteiger partial charge in [0.05, 0.1) is 6.42 Å². The quantitative estimate of drug-likeness (QED) is 0.475. The van der Waals surface area contributed by atoms with E-state index in [1.54, 1.807) is 0 Å². The lowest BCUT2D eigenvalue weighted by molar-refractivity contribution is -0.163. The van der Waals surface area contributed by atoms with Gasteiger partial charge in [-0.2, -0.15) is 0 Å². The second-order valence-electron chi connectivity index (χ2n) is 2.80. The summed E-state index contributed by atoms with van der Waals surface area (Å²) in [6.07, 6.45) is -2.19. The fourth-order valence-corrected chi connectivity index (χ4v) is 0.863. The molecule has 0 radical (unpaired) electrons. The van der Waals surface area contributed by atoms with Gasteiger partial charge in [0.1, 0.15) is 0 Å². The van der Waals surface area contributed by atoms with Crippen LogP contribution in [-0.4, -0.2) is 29.4 Å². The third-order valence-corrected chi connectivity index (χ3v) is 1.53. The lowest BCUT2D eigenvalue weighted by Crippen LogP contribution is -2.22. The highest BCUT2D eigenvalue weighted by Crippen LogP contribution is 2.16. The third kappa shape index (κ3) is 2.29. The van der Waals surface area contributed by atoms with Crippen molar-refractivity contribution in [2.24, 2.45) is 0 Å². The van der Waals surface area contributed by atoms with Crippen molar-refractivity contribution >= 4 is 11.9 Å². The second-order valence-corrected chi connectivity index (χ2v) is 2.80. The first-order valence-corrected chi connectivity index (χ1v) is 3.75. The predicted octanol–water partition coefficient (Wildman–Crippen LogP) is -0.260. The molecule has 0 amide bonds. The molecule has 72 valence electrons. The van der Waals surface area contributed by atoms with Crippen molar-refractivity contribution in [3.8, 4) is 0 Å². The summed E-state index contributed by atoms with van der Waals surface area (Å²) in [6.45, 7) is 4.82. The molecule has 0 aromatic rings. The van der Waals surface area contributed by atoms with Gasteiger partial charge in [0, 0.05) is 5.57 Å². The summed E-state index contributed by atoms with van der Waals surface area (Å²) in [5, 5.41) is 8.86. The van der Waals surface area contributed by atoms with E-state index in [-0.39, 0.29) is 12.0 Å². The fourth-order valence-electron chi connectivity index (χ4n) is 0.863. The SMILES string of the molecule is C=C(C)C(=O)OC1CC(O)OC1=O. The van der Waals surface area contributed by atoms with E-state index in [9.17, 15) is 9.59 Å². The minimum absolute atomic E-state index is 0.0160. The molecule has 5 nitrogen and oxygen atoms in total. The van der Waals surface area contributed by atoms with E-state index in [2.05, 4.69) is 16.1 Å². The van der Waals surface area contributed by atoms with Crippen molar-refractivity contribution in [2.45, 2.75) is 25.7 Å². The van der Waals surface area contributed by atoms with Crippen LogP contribution in [0.1, 0.15) is 13.3 Å². The van der Waals surface area contributed by atoms with Crippen LogP contribution in [0.2, 0.25) is 0 Å². The molecule has 2 atom stereocenters. The van der Waals surface area contributed by atoms with Crippen LogP contribution < -0.4 is 0 Å². The van der Waals surface area contributed by atoms with Crippen molar-refractivity contribution in [2.75, 3.05) is 0 Å². The van der Waals surface area contributed by atoms with Gasteiger partial charge in [-0.25, -0.2) is 9.59 Å².